The first-order valence-corrected chi connectivity index (χ1v) is 7.45. The van der Waals surface area contributed by atoms with Crippen LogP contribution in [0.15, 0.2) is 30.3 Å². The Morgan fingerprint density at radius 3 is 2.90 bits per heavy atom. The molecule has 0 bridgehead atoms. The van der Waals surface area contributed by atoms with E-state index in [0.29, 0.717) is 19.6 Å². The summed E-state index contributed by atoms with van der Waals surface area (Å²) in [4.78, 5) is 13.8. The highest BCUT2D eigenvalue weighted by Gasteiger charge is 2.19. The van der Waals surface area contributed by atoms with Crippen molar-refractivity contribution in [3.05, 3.63) is 35.9 Å². The van der Waals surface area contributed by atoms with Crippen molar-refractivity contribution in [1.29, 1.82) is 0 Å². The van der Waals surface area contributed by atoms with Gasteiger partial charge in [-0.3, -0.25) is 9.69 Å². The summed E-state index contributed by atoms with van der Waals surface area (Å²) in [5, 5.41) is 12.5. The van der Waals surface area contributed by atoms with Gasteiger partial charge in [0.2, 0.25) is 5.91 Å². The second kappa shape index (κ2) is 8.02. The quantitative estimate of drug-likeness (QED) is 0.768. The normalized spacial score (nSPS) is 19.8. The Labute approximate surface area is 120 Å². The van der Waals surface area contributed by atoms with Gasteiger partial charge in [0.25, 0.3) is 0 Å². The van der Waals surface area contributed by atoms with Crippen molar-refractivity contribution in [2.24, 2.45) is 0 Å². The first kappa shape index (κ1) is 15.0. The molecule has 0 unspecified atom stereocenters. The molecule has 1 fully saturated rings. The van der Waals surface area contributed by atoms with Crippen LogP contribution in [0.1, 0.15) is 24.8 Å². The molecule has 1 aromatic rings. The van der Waals surface area contributed by atoms with Crippen LogP contribution >= 0.6 is 0 Å². The minimum atomic E-state index is -0.269. The minimum Gasteiger partial charge on any atom is -0.392 e. The Kier molecular flexibility index (Phi) is 6.02. The molecule has 0 aliphatic carbocycles. The zero-order valence-electron chi connectivity index (χ0n) is 11.9. The maximum Gasteiger partial charge on any atom is 0.234 e. The maximum absolute atomic E-state index is 11.8. The van der Waals surface area contributed by atoms with E-state index in [9.17, 15) is 9.90 Å². The average Bonchev–Trinajstić information content (AvgIpc) is 2.45. The maximum atomic E-state index is 11.8. The second-order valence-electron chi connectivity index (χ2n) is 5.47. The number of carbonyl (C=O) groups is 1. The molecule has 2 N–H and O–H groups in total. The molecule has 110 valence electrons. The van der Waals surface area contributed by atoms with Crippen LogP contribution in [0.25, 0.3) is 0 Å². The average molecular weight is 276 g/mol. The van der Waals surface area contributed by atoms with Crippen LogP contribution in [0.2, 0.25) is 0 Å². The van der Waals surface area contributed by atoms with Gasteiger partial charge in [0.05, 0.1) is 12.6 Å². The summed E-state index contributed by atoms with van der Waals surface area (Å²) in [7, 11) is 0. The van der Waals surface area contributed by atoms with Crippen molar-refractivity contribution < 1.29 is 9.90 Å². The lowest BCUT2D eigenvalue weighted by molar-refractivity contribution is -0.122. The molecule has 2 rings (SSSR count). The zero-order valence-corrected chi connectivity index (χ0v) is 11.9. The molecule has 0 saturated carbocycles. The van der Waals surface area contributed by atoms with Gasteiger partial charge in [0, 0.05) is 13.1 Å². The Morgan fingerprint density at radius 1 is 1.35 bits per heavy atom. The van der Waals surface area contributed by atoms with Gasteiger partial charge in [-0.1, -0.05) is 30.3 Å². The van der Waals surface area contributed by atoms with Crippen LogP contribution in [-0.4, -0.2) is 48.2 Å². The molecule has 4 nitrogen and oxygen atoms in total. The van der Waals surface area contributed by atoms with Gasteiger partial charge in [-0.25, -0.2) is 0 Å². The number of aryl methyl sites for hydroxylation is 1. The number of β-amino-alcohol motifs (C(OH)–C–C–N with tert-alkyl or cyclic N) is 1. The first-order valence-electron chi connectivity index (χ1n) is 7.45. The fourth-order valence-corrected chi connectivity index (χ4v) is 2.60. The Balaban J connectivity index is 1.58. The number of aliphatic hydroxyl groups is 1. The summed E-state index contributed by atoms with van der Waals surface area (Å²) in [6.45, 7) is 2.65. The molecule has 0 radical (unpaired) electrons. The predicted molar refractivity (Wildman–Crippen MR) is 79.5 cm³/mol. The third-order valence-electron chi connectivity index (χ3n) is 3.66. The number of nitrogens with one attached hydrogen (secondary N) is 1. The Hall–Kier alpha value is -1.39. The number of hydrogen-bond donors (Lipinski definition) is 2. The van der Waals surface area contributed by atoms with Gasteiger partial charge in [-0.15, -0.1) is 0 Å². The van der Waals surface area contributed by atoms with Crippen LogP contribution in [0.5, 0.6) is 0 Å². The molecular formula is C16H24N2O2. The van der Waals surface area contributed by atoms with Gasteiger partial charge >= 0.3 is 0 Å². The van der Waals surface area contributed by atoms with Crippen LogP contribution in [0, 0.1) is 0 Å². The molecule has 0 aromatic heterocycles. The number of rotatable bonds is 6. The topological polar surface area (TPSA) is 52.6 Å². The number of nitrogens with zero attached hydrogens (tertiary/aromatic N) is 1. The van der Waals surface area contributed by atoms with Gasteiger partial charge in [-0.2, -0.15) is 0 Å². The van der Waals surface area contributed by atoms with E-state index in [1.54, 1.807) is 0 Å². The smallest absolute Gasteiger partial charge is 0.234 e. The van der Waals surface area contributed by atoms with E-state index in [2.05, 4.69) is 17.4 Å². The third-order valence-corrected chi connectivity index (χ3v) is 3.66. The molecule has 1 atom stereocenters. The van der Waals surface area contributed by atoms with Gasteiger partial charge in [0.1, 0.15) is 0 Å². The van der Waals surface area contributed by atoms with Crippen molar-refractivity contribution in [2.45, 2.75) is 31.8 Å². The molecule has 1 aliphatic rings. The molecule has 1 amide bonds. The van der Waals surface area contributed by atoms with Crippen molar-refractivity contribution in [1.82, 2.24) is 10.2 Å². The van der Waals surface area contributed by atoms with Crippen molar-refractivity contribution in [3.8, 4) is 0 Å². The van der Waals surface area contributed by atoms with E-state index in [0.717, 1.165) is 32.2 Å². The number of amides is 1. The van der Waals surface area contributed by atoms with Gasteiger partial charge in [-0.05, 0) is 37.8 Å². The van der Waals surface area contributed by atoms with Gasteiger partial charge < -0.3 is 10.4 Å². The molecule has 0 spiro atoms. The van der Waals surface area contributed by atoms with E-state index in [-0.39, 0.29) is 12.0 Å². The molecule has 1 saturated heterocycles. The van der Waals surface area contributed by atoms with Crippen LogP contribution in [0.4, 0.5) is 0 Å². The Bertz CT molecular complexity index is 408. The lowest BCUT2D eigenvalue weighted by Crippen LogP contribution is -2.44. The Morgan fingerprint density at radius 2 is 2.15 bits per heavy atom. The summed E-state index contributed by atoms with van der Waals surface area (Å²) < 4.78 is 0. The highest BCUT2D eigenvalue weighted by Crippen LogP contribution is 2.08. The number of hydrogen-bond acceptors (Lipinski definition) is 3. The summed E-state index contributed by atoms with van der Waals surface area (Å²) in [6, 6.07) is 10.3. The van der Waals surface area contributed by atoms with E-state index >= 15 is 0 Å². The molecular weight excluding hydrogens is 252 g/mol. The SMILES string of the molecule is O=C(CN1CCC[C@H](O)C1)NCCCc1ccccc1. The second-order valence-corrected chi connectivity index (χ2v) is 5.47. The fourth-order valence-electron chi connectivity index (χ4n) is 2.60. The van der Waals surface area contributed by atoms with Crippen molar-refractivity contribution in [2.75, 3.05) is 26.2 Å². The van der Waals surface area contributed by atoms with Crippen LogP contribution < -0.4 is 5.32 Å². The first-order chi connectivity index (χ1) is 9.74. The number of aliphatic hydroxyl groups excluding tert-OH is 1. The number of benzene rings is 1. The third kappa shape index (κ3) is 5.31. The van der Waals surface area contributed by atoms with E-state index in [1.807, 2.05) is 23.1 Å². The molecule has 1 aromatic carbocycles. The van der Waals surface area contributed by atoms with E-state index in [1.165, 1.54) is 5.56 Å². The summed E-state index contributed by atoms with van der Waals surface area (Å²) >= 11 is 0. The number of carbonyl (C=O) groups excluding carboxylic acids is 1. The predicted octanol–water partition coefficient (Wildman–Crippen LogP) is 1.19. The van der Waals surface area contributed by atoms with Crippen molar-refractivity contribution >= 4 is 5.91 Å². The van der Waals surface area contributed by atoms with Crippen LogP contribution in [-0.2, 0) is 11.2 Å². The number of piperidine rings is 1. The fraction of sp³-hybridized carbons (Fsp3) is 0.562. The van der Waals surface area contributed by atoms with Crippen molar-refractivity contribution in [3.63, 3.8) is 0 Å². The molecule has 4 heteroatoms. The largest absolute Gasteiger partial charge is 0.392 e. The standard InChI is InChI=1S/C16H24N2O2/c19-15-9-5-11-18(12-15)13-16(20)17-10-4-8-14-6-2-1-3-7-14/h1-3,6-7,15,19H,4-5,8-13H2,(H,17,20)/t15-/m0/s1. The molecule has 1 heterocycles. The molecule has 1 aliphatic heterocycles. The van der Waals surface area contributed by atoms with E-state index in [4.69, 9.17) is 0 Å². The monoisotopic (exact) mass is 276 g/mol. The zero-order chi connectivity index (χ0) is 14.2. The highest BCUT2D eigenvalue weighted by atomic mass is 16.3. The number of likely N-dealkylation sites (tertiary alicyclic amines) is 1. The summed E-state index contributed by atoms with van der Waals surface area (Å²) in [5.74, 6) is 0.0622. The van der Waals surface area contributed by atoms with Gasteiger partial charge in [0.15, 0.2) is 0 Å². The highest BCUT2D eigenvalue weighted by molar-refractivity contribution is 5.77. The summed E-state index contributed by atoms with van der Waals surface area (Å²) in [5.41, 5.74) is 1.31. The molecule has 20 heavy (non-hydrogen) atoms. The lowest BCUT2D eigenvalue weighted by atomic mass is 10.1. The summed E-state index contributed by atoms with van der Waals surface area (Å²) in [6.07, 6.45) is 3.51. The lowest BCUT2D eigenvalue weighted by Gasteiger charge is -2.29. The van der Waals surface area contributed by atoms with Crippen LogP contribution in [0.3, 0.4) is 0 Å². The minimum absolute atomic E-state index is 0.0622. The van der Waals surface area contributed by atoms with E-state index < -0.39 is 0 Å².